The van der Waals surface area contributed by atoms with E-state index in [-0.39, 0.29) is 11.6 Å². The molecule has 0 aliphatic heterocycles. The number of benzene rings is 2. The van der Waals surface area contributed by atoms with Gasteiger partial charge in [0.1, 0.15) is 10.8 Å². The van der Waals surface area contributed by atoms with Crippen LogP contribution >= 0.6 is 11.8 Å². The highest BCUT2D eigenvalue weighted by molar-refractivity contribution is 8.00. The van der Waals surface area contributed by atoms with Crippen molar-refractivity contribution < 1.29 is 13.6 Å². The summed E-state index contributed by atoms with van der Waals surface area (Å²) in [5.41, 5.74) is 0.914. The van der Waals surface area contributed by atoms with Crippen LogP contribution in [0, 0.1) is 5.82 Å². The molecule has 0 spiro atoms. The van der Waals surface area contributed by atoms with Gasteiger partial charge < -0.3 is 9.73 Å². The summed E-state index contributed by atoms with van der Waals surface area (Å²) in [6.45, 7) is 1.75. The van der Waals surface area contributed by atoms with E-state index < -0.39 is 11.1 Å². The van der Waals surface area contributed by atoms with Gasteiger partial charge >= 0.3 is 0 Å². The number of thioether (sulfide) groups is 1. The van der Waals surface area contributed by atoms with Gasteiger partial charge in [0, 0.05) is 5.39 Å². The van der Waals surface area contributed by atoms with Crippen LogP contribution in [0.5, 0.6) is 0 Å². The van der Waals surface area contributed by atoms with Crippen molar-refractivity contribution in [3.8, 4) is 11.6 Å². The molecule has 5 nitrogen and oxygen atoms in total. The van der Waals surface area contributed by atoms with E-state index in [4.69, 9.17) is 4.42 Å². The fraction of sp³-hybridized carbons (Fsp3) is 0.0952. The molecule has 0 saturated carbocycles. The topological polar surface area (TPSA) is 68.0 Å². The summed E-state index contributed by atoms with van der Waals surface area (Å²) >= 11 is 1.29. The number of anilines is 1. The lowest BCUT2D eigenvalue weighted by Crippen LogP contribution is -2.23. The molecular formula is C21H16FN3O2S. The zero-order valence-corrected chi connectivity index (χ0v) is 15.7. The van der Waals surface area contributed by atoms with Crippen LogP contribution in [0.3, 0.4) is 0 Å². The van der Waals surface area contributed by atoms with Crippen molar-refractivity contribution >= 4 is 34.3 Å². The van der Waals surface area contributed by atoms with Crippen LogP contribution in [0.15, 0.2) is 76.4 Å². The van der Waals surface area contributed by atoms with Crippen LogP contribution in [0.25, 0.3) is 22.5 Å². The smallest absolute Gasteiger partial charge is 0.237 e. The number of para-hydroxylation sites is 2. The van der Waals surface area contributed by atoms with Crippen LogP contribution in [0.2, 0.25) is 0 Å². The quantitative estimate of drug-likeness (QED) is 0.375. The van der Waals surface area contributed by atoms with Crippen LogP contribution in [0.4, 0.5) is 10.1 Å². The van der Waals surface area contributed by atoms with E-state index in [1.807, 2.05) is 24.3 Å². The fourth-order valence-electron chi connectivity index (χ4n) is 2.67. The Hall–Kier alpha value is -3.19. The van der Waals surface area contributed by atoms with Gasteiger partial charge in [-0.15, -0.1) is 0 Å². The van der Waals surface area contributed by atoms with Crippen molar-refractivity contribution in [3.05, 3.63) is 72.7 Å². The summed E-state index contributed by atoms with van der Waals surface area (Å²) in [5, 5.41) is 3.63. The minimum atomic E-state index is -0.498. The number of furan rings is 1. The number of rotatable bonds is 5. The first-order valence-corrected chi connectivity index (χ1v) is 9.52. The van der Waals surface area contributed by atoms with E-state index >= 15 is 0 Å². The number of fused-ring (bicyclic) bond motifs is 1. The number of hydrogen-bond acceptors (Lipinski definition) is 5. The summed E-state index contributed by atoms with van der Waals surface area (Å²) in [6.07, 6.45) is 1.56. The van der Waals surface area contributed by atoms with Gasteiger partial charge in [-0.05, 0) is 37.3 Å². The Morgan fingerprint density at radius 2 is 1.86 bits per heavy atom. The molecule has 4 rings (SSSR count). The number of hydrogen-bond donors (Lipinski definition) is 1. The van der Waals surface area contributed by atoms with Crippen LogP contribution in [-0.4, -0.2) is 21.1 Å². The second-order valence-corrected chi connectivity index (χ2v) is 7.41. The maximum absolute atomic E-state index is 13.8. The molecule has 1 N–H and O–H groups in total. The van der Waals surface area contributed by atoms with Gasteiger partial charge in [0.2, 0.25) is 5.91 Å². The minimum Gasteiger partial charge on any atom is -0.461 e. The lowest BCUT2D eigenvalue weighted by Gasteiger charge is -2.13. The van der Waals surface area contributed by atoms with E-state index in [9.17, 15) is 9.18 Å². The maximum Gasteiger partial charge on any atom is 0.237 e. The van der Waals surface area contributed by atoms with E-state index in [1.54, 1.807) is 37.5 Å². The molecule has 2 heterocycles. The third-order valence-electron chi connectivity index (χ3n) is 4.10. The highest BCUT2D eigenvalue weighted by atomic mass is 32.2. The van der Waals surface area contributed by atoms with E-state index in [0.29, 0.717) is 16.6 Å². The van der Waals surface area contributed by atoms with Gasteiger partial charge in [0.05, 0.1) is 22.7 Å². The highest BCUT2D eigenvalue weighted by Gasteiger charge is 2.20. The molecule has 1 unspecified atom stereocenters. The third kappa shape index (κ3) is 3.75. The summed E-state index contributed by atoms with van der Waals surface area (Å²) < 4.78 is 19.2. The van der Waals surface area contributed by atoms with E-state index in [1.165, 1.54) is 23.9 Å². The average Bonchev–Trinajstić information content (AvgIpc) is 3.24. The molecule has 0 fully saturated rings. The zero-order valence-electron chi connectivity index (χ0n) is 14.9. The number of nitrogens with zero attached hydrogens (tertiary/aromatic N) is 2. The molecule has 1 amide bonds. The normalized spacial score (nSPS) is 12.1. The van der Waals surface area contributed by atoms with E-state index in [0.717, 1.165) is 10.9 Å². The Bertz CT molecular complexity index is 1130. The summed E-state index contributed by atoms with van der Waals surface area (Å²) in [5.74, 6) is 0.224. The molecule has 2 aromatic carbocycles. The number of aromatic nitrogens is 2. The highest BCUT2D eigenvalue weighted by Crippen LogP contribution is 2.31. The number of carbonyl (C=O) groups is 1. The Balaban J connectivity index is 1.63. The number of nitrogens with one attached hydrogen (secondary N) is 1. The largest absolute Gasteiger partial charge is 0.461 e. The van der Waals surface area contributed by atoms with Gasteiger partial charge in [-0.2, -0.15) is 0 Å². The maximum atomic E-state index is 13.8. The molecule has 7 heteroatoms. The summed E-state index contributed by atoms with van der Waals surface area (Å²) in [6, 6.07) is 17.2. The molecule has 140 valence electrons. The van der Waals surface area contributed by atoms with Gasteiger partial charge in [-0.3, -0.25) is 4.79 Å². The Morgan fingerprint density at radius 3 is 2.64 bits per heavy atom. The third-order valence-corrected chi connectivity index (χ3v) is 5.20. The molecular weight excluding hydrogens is 377 g/mol. The van der Waals surface area contributed by atoms with Gasteiger partial charge in [0.25, 0.3) is 0 Å². The Morgan fingerprint density at radius 1 is 1.07 bits per heavy atom. The lowest BCUT2D eigenvalue weighted by molar-refractivity contribution is -0.115. The lowest BCUT2D eigenvalue weighted by atomic mass is 10.2. The number of halogens is 1. The first kappa shape index (κ1) is 18.2. The molecule has 28 heavy (non-hydrogen) atoms. The Kier molecular flexibility index (Phi) is 5.08. The van der Waals surface area contributed by atoms with Crippen molar-refractivity contribution in [2.75, 3.05) is 5.32 Å². The molecule has 4 aromatic rings. The molecule has 0 radical (unpaired) electrons. The monoisotopic (exact) mass is 393 g/mol. The van der Waals surface area contributed by atoms with Crippen LogP contribution in [-0.2, 0) is 4.79 Å². The van der Waals surface area contributed by atoms with Crippen molar-refractivity contribution in [1.29, 1.82) is 0 Å². The zero-order chi connectivity index (χ0) is 19.5. The first-order valence-electron chi connectivity index (χ1n) is 8.64. The first-order chi connectivity index (χ1) is 13.6. The number of amides is 1. The summed E-state index contributed by atoms with van der Waals surface area (Å²) in [7, 11) is 0. The molecule has 1 atom stereocenters. The van der Waals surface area contributed by atoms with Gasteiger partial charge in [-0.25, -0.2) is 14.4 Å². The van der Waals surface area contributed by atoms with Crippen LogP contribution in [0.1, 0.15) is 6.92 Å². The summed E-state index contributed by atoms with van der Waals surface area (Å²) in [4.78, 5) is 21.7. The SMILES string of the molecule is CC(Sc1nc(-c2ccco2)nc2ccccc12)C(=O)Nc1ccccc1F. The van der Waals surface area contributed by atoms with Crippen molar-refractivity contribution in [3.63, 3.8) is 0 Å². The number of carbonyl (C=O) groups excluding carboxylic acids is 1. The molecule has 0 bridgehead atoms. The Labute approximate surface area is 165 Å². The second-order valence-electron chi connectivity index (χ2n) is 6.08. The average molecular weight is 393 g/mol. The molecule has 2 aromatic heterocycles. The van der Waals surface area contributed by atoms with Gasteiger partial charge in [0.15, 0.2) is 11.6 Å². The molecule has 0 aliphatic carbocycles. The van der Waals surface area contributed by atoms with Crippen molar-refractivity contribution in [2.24, 2.45) is 0 Å². The van der Waals surface area contributed by atoms with Crippen LogP contribution < -0.4 is 5.32 Å². The van der Waals surface area contributed by atoms with Gasteiger partial charge in [-0.1, -0.05) is 42.1 Å². The van der Waals surface area contributed by atoms with Crippen molar-refractivity contribution in [1.82, 2.24) is 9.97 Å². The fourth-order valence-corrected chi connectivity index (χ4v) is 3.61. The van der Waals surface area contributed by atoms with E-state index in [2.05, 4.69) is 15.3 Å². The second kappa shape index (κ2) is 7.82. The minimum absolute atomic E-state index is 0.156. The molecule has 0 aliphatic rings. The predicted molar refractivity (Wildman–Crippen MR) is 108 cm³/mol. The van der Waals surface area contributed by atoms with Crippen molar-refractivity contribution in [2.45, 2.75) is 17.2 Å². The predicted octanol–water partition coefficient (Wildman–Crippen LogP) is 5.15. The standard InChI is InChI=1S/C21H16FN3O2S/c1-13(20(26)24-17-10-5-3-8-15(17)22)28-21-14-7-2-4-9-16(14)23-19(25-21)18-11-6-12-27-18/h2-13H,1H3,(H,24,26). The molecule has 0 saturated heterocycles.